The molecule has 0 radical (unpaired) electrons. The fraction of sp³-hybridized carbons (Fsp3) is 0.500. The molecule has 1 aromatic carbocycles. The number of carbonyl (C=O) groups is 1. The summed E-state index contributed by atoms with van der Waals surface area (Å²) in [6, 6.07) is 7.44. The van der Waals surface area contributed by atoms with Gasteiger partial charge in [-0.15, -0.1) is 0 Å². The second-order valence-corrected chi connectivity index (χ2v) is 8.04. The molecule has 150 valence electrons. The van der Waals surface area contributed by atoms with Crippen molar-refractivity contribution in [1.29, 1.82) is 0 Å². The third kappa shape index (κ3) is 6.30. The van der Waals surface area contributed by atoms with Crippen molar-refractivity contribution in [2.75, 3.05) is 20.6 Å². The van der Waals surface area contributed by atoms with Crippen LogP contribution in [0.15, 0.2) is 43.0 Å². The number of nitrogens with one attached hydrogen (secondary N) is 1. The fourth-order valence-corrected chi connectivity index (χ4v) is 3.48. The van der Waals surface area contributed by atoms with Gasteiger partial charge < -0.3 is 15.3 Å². The number of hydrogen-bond donors (Lipinski definition) is 2. The average molecular weight is 383 g/mol. The molecule has 0 aliphatic heterocycles. The maximum Gasteiger partial charge on any atom is 0.220 e. The highest BCUT2D eigenvalue weighted by Gasteiger charge is 2.28. The molecule has 1 fully saturated rings. The predicted molar refractivity (Wildman–Crippen MR) is 109 cm³/mol. The van der Waals surface area contributed by atoms with Gasteiger partial charge in [0.2, 0.25) is 5.91 Å². The highest BCUT2D eigenvalue weighted by atomic mass is 16.3. The zero-order chi connectivity index (χ0) is 19.9. The minimum atomic E-state index is 0.0760. The summed E-state index contributed by atoms with van der Waals surface area (Å²) in [5.74, 6) is 1.27. The number of aromatic nitrogens is 2. The number of nitrogens with zero attached hydrogens (tertiary/aromatic N) is 3. The molecule has 0 spiro atoms. The largest absolute Gasteiger partial charge is 0.508 e. The molecule has 1 amide bonds. The maximum absolute atomic E-state index is 12.6. The molecule has 28 heavy (non-hydrogen) atoms. The van der Waals surface area contributed by atoms with Crippen molar-refractivity contribution in [3.8, 4) is 5.75 Å². The van der Waals surface area contributed by atoms with Crippen molar-refractivity contribution >= 4 is 5.91 Å². The van der Waals surface area contributed by atoms with Crippen LogP contribution in [-0.4, -0.2) is 52.6 Å². The van der Waals surface area contributed by atoms with Crippen LogP contribution in [0, 0.1) is 5.92 Å². The van der Waals surface area contributed by atoms with Crippen molar-refractivity contribution < 1.29 is 9.90 Å². The molecular formula is C22H30N4O2. The number of rotatable bonds is 10. The Hall–Kier alpha value is -2.47. The van der Waals surface area contributed by atoms with Gasteiger partial charge in [-0.3, -0.25) is 4.79 Å². The SMILES string of the molecule is CN(C)[C@H](CNC(=O)C[C@H](CC1CC1)c1cncnc1)Cc1ccc(O)cc1. The summed E-state index contributed by atoms with van der Waals surface area (Å²) < 4.78 is 0. The summed E-state index contributed by atoms with van der Waals surface area (Å²) in [4.78, 5) is 23.0. The van der Waals surface area contributed by atoms with Gasteiger partial charge in [0.05, 0.1) is 0 Å². The molecule has 3 rings (SSSR count). The first-order valence-corrected chi connectivity index (χ1v) is 9.97. The van der Waals surface area contributed by atoms with Crippen LogP contribution in [0.2, 0.25) is 0 Å². The van der Waals surface area contributed by atoms with Gasteiger partial charge in [0, 0.05) is 31.4 Å². The maximum atomic E-state index is 12.6. The first kappa shape index (κ1) is 20.3. The number of aromatic hydroxyl groups is 1. The lowest BCUT2D eigenvalue weighted by Crippen LogP contribution is -2.41. The third-order valence-electron chi connectivity index (χ3n) is 5.47. The number of carbonyl (C=O) groups excluding carboxylic acids is 1. The molecule has 0 unspecified atom stereocenters. The van der Waals surface area contributed by atoms with E-state index in [0.717, 1.165) is 29.9 Å². The van der Waals surface area contributed by atoms with E-state index >= 15 is 0 Å². The molecule has 0 bridgehead atoms. The van der Waals surface area contributed by atoms with Crippen LogP contribution in [0.4, 0.5) is 0 Å². The standard InChI is InChI=1S/C22H30N4O2/c1-26(2)20(10-17-5-7-21(27)8-6-17)14-25-22(28)11-18(9-16-3-4-16)19-12-23-15-24-13-19/h5-8,12-13,15-16,18,20,27H,3-4,9-11,14H2,1-2H3,(H,25,28)/t18-,20-/m0/s1. The van der Waals surface area contributed by atoms with E-state index in [1.54, 1.807) is 12.1 Å². The summed E-state index contributed by atoms with van der Waals surface area (Å²) in [6.07, 6.45) is 10.0. The number of hydrogen-bond acceptors (Lipinski definition) is 5. The Morgan fingerprint density at radius 3 is 2.50 bits per heavy atom. The lowest BCUT2D eigenvalue weighted by molar-refractivity contribution is -0.121. The van der Waals surface area contributed by atoms with Gasteiger partial charge in [0.25, 0.3) is 0 Å². The molecule has 1 heterocycles. The minimum absolute atomic E-state index is 0.0760. The number of phenolic OH excluding ortho intramolecular Hbond substituents is 1. The Bertz CT molecular complexity index is 745. The van der Waals surface area contributed by atoms with Crippen molar-refractivity contribution in [2.24, 2.45) is 5.92 Å². The van der Waals surface area contributed by atoms with E-state index in [0.29, 0.717) is 13.0 Å². The van der Waals surface area contributed by atoms with E-state index < -0.39 is 0 Å². The third-order valence-corrected chi connectivity index (χ3v) is 5.47. The molecule has 1 aliphatic carbocycles. The van der Waals surface area contributed by atoms with Gasteiger partial charge in [-0.25, -0.2) is 9.97 Å². The van der Waals surface area contributed by atoms with E-state index in [1.807, 2.05) is 38.6 Å². The lowest BCUT2D eigenvalue weighted by atomic mass is 9.92. The van der Waals surface area contributed by atoms with Gasteiger partial charge in [-0.1, -0.05) is 25.0 Å². The second kappa shape index (κ2) is 9.64. The Morgan fingerprint density at radius 2 is 1.89 bits per heavy atom. The second-order valence-electron chi connectivity index (χ2n) is 8.04. The number of phenols is 1. The Kier molecular flexibility index (Phi) is 6.98. The zero-order valence-electron chi connectivity index (χ0n) is 16.7. The van der Waals surface area contributed by atoms with Gasteiger partial charge >= 0.3 is 0 Å². The Balaban J connectivity index is 1.54. The van der Waals surface area contributed by atoms with Crippen LogP contribution in [0.25, 0.3) is 0 Å². The molecule has 1 aromatic heterocycles. The van der Waals surface area contributed by atoms with Crippen LogP contribution < -0.4 is 5.32 Å². The molecular weight excluding hydrogens is 352 g/mol. The summed E-state index contributed by atoms with van der Waals surface area (Å²) in [5, 5.41) is 12.6. The first-order valence-electron chi connectivity index (χ1n) is 9.97. The average Bonchev–Trinajstić information content (AvgIpc) is 3.50. The summed E-state index contributed by atoms with van der Waals surface area (Å²) in [7, 11) is 4.04. The summed E-state index contributed by atoms with van der Waals surface area (Å²) >= 11 is 0. The van der Waals surface area contributed by atoms with Crippen LogP contribution in [0.3, 0.4) is 0 Å². The van der Waals surface area contributed by atoms with Crippen molar-refractivity contribution in [1.82, 2.24) is 20.2 Å². The van der Waals surface area contributed by atoms with Crippen molar-refractivity contribution in [2.45, 2.75) is 44.1 Å². The highest BCUT2D eigenvalue weighted by Crippen LogP contribution is 2.39. The molecule has 1 saturated carbocycles. The van der Waals surface area contributed by atoms with E-state index in [9.17, 15) is 9.90 Å². The smallest absolute Gasteiger partial charge is 0.220 e. The Morgan fingerprint density at radius 1 is 1.21 bits per heavy atom. The quantitative estimate of drug-likeness (QED) is 0.661. The van der Waals surface area contributed by atoms with Gasteiger partial charge in [0.1, 0.15) is 12.1 Å². The molecule has 2 aromatic rings. The first-order chi connectivity index (χ1) is 13.5. The van der Waals surface area contributed by atoms with E-state index in [1.165, 1.54) is 19.2 Å². The van der Waals surface area contributed by atoms with Crippen molar-refractivity contribution in [3.05, 3.63) is 54.1 Å². The minimum Gasteiger partial charge on any atom is -0.508 e. The zero-order valence-corrected chi connectivity index (χ0v) is 16.7. The number of likely N-dealkylation sites (N-methyl/N-ethyl adjacent to an activating group) is 1. The van der Waals surface area contributed by atoms with Gasteiger partial charge in [-0.2, -0.15) is 0 Å². The molecule has 6 heteroatoms. The molecule has 2 N–H and O–H groups in total. The molecule has 0 saturated heterocycles. The fourth-order valence-electron chi connectivity index (χ4n) is 3.48. The van der Waals surface area contributed by atoms with Crippen LogP contribution >= 0.6 is 0 Å². The Labute approximate surface area is 167 Å². The normalized spacial score (nSPS) is 16.0. The van der Waals surface area contributed by atoms with Crippen LogP contribution in [0.5, 0.6) is 5.75 Å². The van der Waals surface area contributed by atoms with E-state index in [2.05, 4.69) is 20.2 Å². The lowest BCUT2D eigenvalue weighted by Gasteiger charge is -2.25. The van der Waals surface area contributed by atoms with E-state index in [4.69, 9.17) is 0 Å². The highest BCUT2D eigenvalue weighted by molar-refractivity contribution is 5.76. The van der Waals surface area contributed by atoms with Crippen LogP contribution in [0.1, 0.15) is 42.7 Å². The monoisotopic (exact) mass is 382 g/mol. The summed E-state index contributed by atoms with van der Waals surface area (Å²) in [5.41, 5.74) is 2.19. The summed E-state index contributed by atoms with van der Waals surface area (Å²) in [6.45, 7) is 0.591. The number of benzene rings is 1. The van der Waals surface area contributed by atoms with Gasteiger partial charge in [-0.05, 0) is 62.0 Å². The molecule has 1 aliphatic rings. The number of amides is 1. The molecule has 6 nitrogen and oxygen atoms in total. The molecule has 2 atom stereocenters. The van der Waals surface area contributed by atoms with Crippen molar-refractivity contribution in [3.63, 3.8) is 0 Å². The van der Waals surface area contributed by atoms with Gasteiger partial charge in [0.15, 0.2) is 0 Å². The predicted octanol–water partition coefficient (Wildman–Crippen LogP) is 2.75. The van der Waals surface area contributed by atoms with Crippen LogP contribution in [-0.2, 0) is 11.2 Å². The topological polar surface area (TPSA) is 78.4 Å². The van der Waals surface area contributed by atoms with E-state index in [-0.39, 0.29) is 23.6 Å².